The molecule has 0 radical (unpaired) electrons. The summed E-state index contributed by atoms with van der Waals surface area (Å²) in [7, 11) is 2.18. The van der Waals surface area contributed by atoms with Crippen LogP contribution in [0.1, 0.15) is 12.0 Å². The first-order chi connectivity index (χ1) is 7.72. The van der Waals surface area contributed by atoms with Crippen LogP contribution in [0.25, 0.3) is 0 Å². The third kappa shape index (κ3) is 2.55. The van der Waals surface area contributed by atoms with Crippen molar-refractivity contribution in [3.63, 3.8) is 0 Å². The zero-order valence-corrected chi connectivity index (χ0v) is 11.9. The van der Waals surface area contributed by atoms with Crippen molar-refractivity contribution in [2.75, 3.05) is 23.5 Å². The molecule has 1 atom stereocenters. The lowest BCUT2D eigenvalue weighted by atomic mass is 10.1. The fourth-order valence-electron chi connectivity index (χ4n) is 1.99. The van der Waals surface area contributed by atoms with Crippen molar-refractivity contribution in [1.82, 2.24) is 0 Å². The van der Waals surface area contributed by atoms with Crippen molar-refractivity contribution in [1.29, 1.82) is 0 Å². The van der Waals surface area contributed by atoms with Crippen LogP contribution in [0.4, 0.5) is 5.69 Å². The number of anilines is 1. The minimum absolute atomic E-state index is 0.599. The van der Waals surface area contributed by atoms with Gasteiger partial charge in [0, 0.05) is 29.9 Å². The Labute approximate surface area is 110 Å². The Morgan fingerprint density at radius 3 is 2.94 bits per heavy atom. The van der Waals surface area contributed by atoms with E-state index < -0.39 is 0 Å². The standard InChI is InChI=1S/C12H17BrN2S/c1-15(10-4-5-16-8-10)12-3-2-9(7-14)6-11(12)13/h2-3,6,10H,4-5,7-8,14H2,1H3. The first-order valence-corrected chi connectivity index (χ1v) is 7.46. The maximum Gasteiger partial charge on any atom is 0.0511 e. The summed E-state index contributed by atoms with van der Waals surface area (Å²) in [4.78, 5) is 2.38. The minimum atomic E-state index is 0.599. The van der Waals surface area contributed by atoms with Gasteiger partial charge in [0.2, 0.25) is 0 Å². The van der Waals surface area contributed by atoms with Crippen molar-refractivity contribution < 1.29 is 0 Å². The number of hydrogen-bond donors (Lipinski definition) is 1. The summed E-state index contributed by atoms with van der Waals surface area (Å²) in [6.45, 7) is 0.599. The number of halogens is 1. The van der Waals surface area contributed by atoms with Gasteiger partial charge in [-0.15, -0.1) is 0 Å². The number of nitrogens with zero attached hydrogens (tertiary/aromatic N) is 1. The largest absolute Gasteiger partial charge is 0.370 e. The molecule has 0 aromatic heterocycles. The molecule has 1 aromatic rings. The summed E-state index contributed by atoms with van der Waals surface area (Å²) < 4.78 is 1.15. The highest BCUT2D eigenvalue weighted by Crippen LogP contribution is 2.31. The van der Waals surface area contributed by atoms with Crippen molar-refractivity contribution in [3.05, 3.63) is 28.2 Å². The average molecular weight is 301 g/mol. The van der Waals surface area contributed by atoms with Gasteiger partial charge in [-0.2, -0.15) is 11.8 Å². The molecular formula is C12H17BrN2S. The molecule has 0 spiro atoms. The molecule has 0 aliphatic carbocycles. The highest BCUT2D eigenvalue weighted by molar-refractivity contribution is 9.10. The molecule has 2 rings (SSSR count). The molecule has 0 amide bonds. The maximum absolute atomic E-state index is 5.63. The van der Waals surface area contributed by atoms with E-state index in [0.29, 0.717) is 12.6 Å². The Morgan fingerprint density at radius 1 is 1.56 bits per heavy atom. The molecule has 88 valence electrons. The van der Waals surface area contributed by atoms with Crippen LogP contribution in [-0.4, -0.2) is 24.6 Å². The van der Waals surface area contributed by atoms with Crippen LogP contribution in [0.15, 0.2) is 22.7 Å². The lowest BCUT2D eigenvalue weighted by molar-refractivity contribution is 0.699. The summed E-state index contributed by atoms with van der Waals surface area (Å²) in [6.07, 6.45) is 1.28. The van der Waals surface area contributed by atoms with E-state index in [2.05, 4.69) is 46.1 Å². The zero-order chi connectivity index (χ0) is 11.5. The Bertz CT molecular complexity index is 364. The molecule has 16 heavy (non-hydrogen) atoms. The molecule has 1 aliphatic rings. The predicted molar refractivity (Wildman–Crippen MR) is 76.2 cm³/mol. The zero-order valence-electron chi connectivity index (χ0n) is 9.45. The molecule has 0 saturated carbocycles. The molecule has 1 heterocycles. The normalized spacial score (nSPS) is 20.1. The van der Waals surface area contributed by atoms with Crippen LogP contribution >= 0.6 is 27.7 Å². The van der Waals surface area contributed by atoms with Crippen molar-refractivity contribution in [2.45, 2.75) is 19.0 Å². The number of hydrogen-bond acceptors (Lipinski definition) is 3. The number of nitrogens with two attached hydrogens (primary N) is 1. The van der Waals surface area contributed by atoms with Gasteiger partial charge in [0.05, 0.1) is 5.69 Å². The average Bonchev–Trinajstić information content (AvgIpc) is 2.81. The summed E-state index contributed by atoms with van der Waals surface area (Å²) in [5.74, 6) is 2.52. The smallest absolute Gasteiger partial charge is 0.0511 e. The van der Waals surface area contributed by atoms with E-state index in [1.54, 1.807) is 0 Å². The molecule has 1 fully saturated rings. The predicted octanol–water partition coefficient (Wildman–Crippen LogP) is 2.85. The van der Waals surface area contributed by atoms with Gasteiger partial charge < -0.3 is 10.6 Å². The topological polar surface area (TPSA) is 29.3 Å². The molecule has 1 aliphatic heterocycles. The van der Waals surface area contributed by atoms with Crippen molar-refractivity contribution in [3.8, 4) is 0 Å². The monoisotopic (exact) mass is 300 g/mol. The Kier molecular flexibility index (Phi) is 4.16. The molecule has 1 aromatic carbocycles. The molecule has 0 bridgehead atoms. The van der Waals surface area contributed by atoms with E-state index in [-0.39, 0.29) is 0 Å². The summed E-state index contributed by atoms with van der Waals surface area (Å²) in [6, 6.07) is 7.06. The van der Waals surface area contributed by atoms with Crippen LogP contribution in [0.3, 0.4) is 0 Å². The lowest BCUT2D eigenvalue weighted by Gasteiger charge is -2.27. The number of thioether (sulfide) groups is 1. The van der Waals surface area contributed by atoms with Gasteiger partial charge in [-0.25, -0.2) is 0 Å². The Balaban J connectivity index is 2.19. The first-order valence-electron chi connectivity index (χ1n) is 5.51. The van der Waals surface area contributed by atoms with E-state index in [4.69, 9.17) is 5.73 Å². The Hall–Kier alpha value is -0.190. The quantitative estimate of drug-likeness (QED) is 0.931. The Morgan fingerprint density at radius 2 is 2.38 bits per heavy atom. The van der Waals surface area contributed by atoms with Crippen LogP contribution in [-0.2, 0) is 6.54 Å². The summed E-state index contributed by atoms with van der Waals surface area (Å²) in [5, 5.41) is 0. The van der Waals surface area contributed by atoms with E-state index in [1.165, 1.54) is 29.2 Å². The van der Waals surface area contributed by atoms with E-state index >= 15 is 0 Å². The van der Waals surface area contributed by atoms with Gasteiger partial charge in [0.25, 0.3) is 0 Å². The van der Waals surface area contributed by atoms with Crippen LogP contribution in [0, 0.1) is 0 Å². The maximum atomic E-state index is 5.63. The van der Waals surface area contributed by atoms with Gasteiger partial charge in [0.15, 0.2) is 0 Å². The SMILES string of the molecule is CN(c1ccc(CN)cc1Br)C1CCSC1. The third-order valence-electron chi connectivity index (χ3n) is 3.08. The highest BCUT2D eigenvalue weighted by atomic mass is 79.9. The van der Waals surface area contributed by atoms with E-state index in [9.17, 15) is 0 Å². The fraction of sp³-hybridized carbons (Fsp3) is 0.500. The molecule has 2 N–H and O–H groups in total. The van der Waals surface area contributed by atoms with Gasteiger partial charge in [0.1, 0.15) is 0 Å². The minimum Gasteiger partial charge on any atom is -0.370 e. The van der Waals surface area contributed by atoms with Crippen LogP contribution < -0.4 is 10.6 Å². The fourth-order valence-corrected chi connectivity index (χ4v) is 3.96. The number of benzene rings is 1. The molecule has 2 nitrogen and oxygen atoms in total. The highest BCUT2D eigenvalue weighted by Gasteiger charge is 2.21. The third-order valence-corrected chi connectivity index (χ3v) is 4.86. The first kappa shape index (κ1) is 12.3. The van der Waals surface area contributed by atoms with Gasteiger partial charge >= 0.3 is 0 Å². The van der Waals surface area contributed by atoms with Gasteiger partial charge in [-0.1, -0.05) is 6.07 Å². The van der Waals surface area contributed by atoms with Crippen molar-refractivity contribution in [2.24, 2.45) is 5.73 Å². The second kappa shape index (κ2) is 5.43. The van der Waals surface area contributed by atoms with Crippen LogP contribution in [0.5, 0.6) is 0 Å². The van der Waals surface area contributed by atoms with Gasteiger partial charge in [-0.3, -0.25) is 0 Å². The molecule has 4 heteroatoms. The lowest BCUT2D eigenvalue weighted by Crippen LogP contribution is -2.31. The van der Waals surface area contributed by atoms with E-state index in [1.807, 2.05) is 11.8 Å². The van der Waals surface area contributed by atoms with Crippen molar-refractivity contribution >= 4 is 33.4 Å². The van der Waals surface area contributed by atoms with Crippen LogP contribution in [0.2, 0.25) is 0 Å². The summed E-state index contributed by atoms with van der Waals surface area (Å²) in [5.41, 5.74) is 8.07. The molecule has 1 saturated heterocycles. The second-order valence-electron chi connectivity index (χ2n) is 4.12. The number of rotatable bonds is 3. The summed E-state index contributed by atoms with van der Waals surface area (Å²) >= 11 is 5.67. The molecule has 1 unspecified atom stereocenters. The second-order valence-corrected chi connectivity index (χ2v) is 6.12. The van der Waals surface area contributed by atoms with Gasteiger partial charge in [-0.05, 0) is 45.8 Å². The van der Waals surface area contributed by atoms with E-state index in [0.717, 1.165) is 4.47 Å². The molecular weight excluding hydrogens is 284 g/mol.